The number of hydrogen-bond acceptors (Lipinski definition) is 3. The largest absolute Gasteiger partial charge is 0.348 e. The Labute approximate surface area is 169 Å². The van der Waals surface area contributed by atoms with E-state index >= 15 is 0 Å². The third-order valence-electron chi connectivity index (χ3n) is 4.38. The molecule has 0 fully saturated rings. The predicted octanol–water partition coefficient (Wildman–Crippen LogP) is 4.17. The number of carbonyl (C=O) groups excluding carboxylic acids is 1. The Morgan fingerprint density at radius 1 is 0.966 bits per heavy atom. The van der Waals surface area contributed by atoms with Crippen LogP contribution < -0.4 is 10.0 Å². The number of sulfonamides is 1. The molecule has 0 bridgehead atoms. The zero-order valence-electron chi connectivity index (χ0n) is 16.1. The lowest BCUT2D eigenvalue weighted by Crippen LogP contribution is -2.23. The third kappa shape index (κ3) is 5.20. The smallest absolute Gasteiger partial charge is 0.262 e. The number of nitrogens with one attached hydrogen (secondary N) is 2. The van der Waals surface area contributed by atoms with Crippen molar-refractivity contribution < 1.29 is 17.6 Å². The summed E-state index contributed by atoms with van der Waals surface area (Å²) in [5.74, 6) is -0.703. The van der Waals surface area contributed by atoms with Gasteiger partial charge in [0.05, 0.1) is 4.90 Å². The zero-order chi connectivity index (χ0) is 21.0. The van der Waals surface area contributed by atoms with Crippen molar-refractivity contribution in [2.24, 2.45) is 0 Å². The van der Waals surface area contributed by atoms with Gasteiger partial charge >= 0.3 is 0 Å². The number of anilines is 1. The molecule has 0 spiro atoms. The van der Waals surface area contributed by atoms with Gasteiger partial charge in [-0.1, -0.05) is 30.3 Å². The molecule has 29 heavy (non-hydrogen) atoms. The van der Waals surface area contributed by atoms with E-state index in [-0.39, 0.29) is 23.2 Å². The Morgan fingerprint density at radius 3 is 2.41 bits per heavy atom. The highest BCUT2D eigenvalue weighted by Gasteiger charge is 2.18. The standard InChI is InChI=1S/C22H21FN2O3S/c1-15-6-7-16(2)21(12-15)29(27,28)25-20-5-3-4-18(13-20)22(26)24-14-17-8-10-19(23)11-9-17/h3-13,25H,14H2,1-2H3,(H,24,26). The minimum absolute atomic E-state index is 0.198. The van der Waals surface area contributed by atoms with Gasteiger partial charge in [0.25, 0.3) is 15.9 Å². The summed E-state index contributed by atoms with van der Waals surface area (Å²) in [5.41, 5.74) is 2.83. The van der Waals surface area contributed by atoms with Gasteiger partial charge in [0, 0.05) is 17.8 Å². The molecule has 0 aliphatic rings. The minimum Gasteiger partial charge on any atom is -0.348 e. The highest BCUT2D eigenvalue weighted by atomic mass is 32.2. The SMILES string of the molecule is Cc1ccc(C)c(S(=O)(=O)Nc2cccc(C(=O)NCc3ccc(F)cc3)c2)c1. The van der Waals surface area contributed by atoms with Crippen molar-refractivity contribution in [2.75, 3.05) is 4.72 Å². The maximum atomic E-state index is 13.0. The van der Waals surface area contributed by atoms with Crippen molar-refractivity contribution in [1.82, 2.24) is 5.32 Å². The van der Waals surface area contributed by atoms with Crippen LogP contribution in [0.4, 0.5) is 10.1 Å². The molecule has 0 aliphatic carbocycles. The highest BCUT2D eigenvalue weighted by Crippen LogP contribution is 2.21. The molecular weight excluding hydrogens is 391 g/mol. The first-order chi connectivity index (χ1) is 13.7. The van der Waals surface area contributed by atoms with Gasteiger partial charge in [0.2, 0.25) is 0 Å². The maximum Gasteiger partial charge on any atom is 0.262 e. The number of carbonyl (C=O) groups is 1. The van der Waals surface area contributed by atoms with Gasteiger partial charge in [-0.05, 0) is 66.9 Å². The first kappa shape index (κ1) is 20.5. The van der Waals surface area contributed by atoms with E-state index in [1.165, 1.54) is 18.2 Å². The summed E-state index contributed by atoms with van der Waals surface area (Å²) in [7, 11) is -3.79. The predicted molar refractivity (Wildman–Crippen MR) is 111 cm³/mol. The Morgan fingerprint density at radius 2 is 1.69 bits per heavy atom. The van der Waals surface area contributed by atoms with E-state index < -0.39 is 10.0 Å². The fourth-order valence-corrected chi connectivity index (χ4v) is 4.20. The van der Waals surface area contributed by atoms with E-state index in [0.717, 1.165) is 11.1 Å². The third-order valence-corrected chi connectivity index (χ3v) is 5.90. The van der Waals surface area contributed by atoms with Crippen LogP contribution in [0.1, 0.15) is 27.0 Å². The molecule has 2 N–H and O–H groups in total. The van der Waals surface area contributed by atoms with Gasteiger partial charge in [-0.25, -0.2) is 12.8 Å². The van der Waals surface area contributed by atoms with Crippen LogP contribution in [0.2, 0.25) is 0 Å². The fraction of sp³-hybridized carbons (Fsp3) is 0.136. The molecule has 3 aromatic carbocycles. The second kappa shape index (κ2) is 8.45. The summed E-state index contributed by atoms with van der Waals surface area (Å²) >= 11 is 0. The number of halogens is 1. The second-order valence-corrected chi connectivity index (χ2v) is 8.42. The maximum absolute atomic E-state index is 13.0. The Balaban J connectivity index is 1.74. The summed E-state index contributed by atoms with van der Waals surface area (Å²) in [5, 5.41) is 2.73. The van der Waals surface area contributed by atoms with Crippen molar-refractivity contribution in [2.45, 2.75) is 25.3 Å². The van der Waals surface area contributed by atoms with E-state index in [9.17, 15) is 17.6 Å². The van der Waals surface area contributed by atoms with E-state index in [4.69, 9.17) is 0 Å². The van der Waals surface area contributed by atoms with Crippen LogP contribution in [-0.2, 0) is 16.6 Å². The second-order valence-electron chi connectivity index (χ2n) is 6.76. The van der Waals surface area contributed by atoms with Crippen molar-refractivity contribution >= 4 is 21.6 Å². The molecule has 0 aliphatic heterocycles. The van der Waals surface area contributed by atoms with Crippen LogP contribution in [0.15, 0.2) is 71.6 Å². The molecule has 0 radical (unpaired) electrons. The molecule has 3 rings (SSSR count). The normalized spacial score (nSPS) is 11.1. The average Bonchev–Trinajstić information content (AvgIpc) is 2.69. The van der Waals surface area contributed by atoms with Crippen LogP contribution in [0, 0.1) is 19.7 Å². The van der Waals surface area contributed by atoms with Crippen molar-refractivity contribution in [3.05, 3.63) is 94.8 Å². The van der Waals surface area contributed by atoms with E-state index in [1.54, 1.807) is 49.4 Å². The van der Waals surface area contributed by atoms with Crippen molar-refractivity contribution in [3.8, 4) is 0 Å². The Bertz CT molecular complexity index is 1140. The summed E-state index contributed by atoms with van der Waals surface area (Å²) in [6.45, 7) is 3.79. The van der Waals surface area contributed by atoms with Crippen LogP contribution in [0.5, 0.6) is 0 Å². The number of hydrogen-bond donors (Lipinski definition) is 2. The van der Waals surface area contributed by atoms with Gasteiger partial charge in [0.15, 0.2) is 0 Å². The molecule has 1 amide bonds. The molecule has 0 saturated heterocycles. The topological polar surface area (TPSA) is 75.3 Å². The van der Waals surface area contributed by atoms with Crippen LogP contribution in [0.25, 0.3) is 0 Å². The summed E-state index contributed by atoms with van der Waals surface area (Å²) in [4.78, 5) is 12.6. The first-order valence-electron chi connectivity index (χ1n) is 8.97. The quantitative estimate of drug-likeness (QED) is 0.638. The molecule has 150 valence electrons. The summed E-state index contributed by atoms with van der Waals surface area (Å²) in [6.07, 6.45) is 0. The number of rotatable bonds is 6. The molecule has 0 aromatic heterocycles. The molecule has 3 aromatic rings. The average molecular weight is 412 g/mol. The number of benzene rings is 3. The number of aryl methyl sites for hydroxylation is 2. The van der Waals surface area contributed by atoms with Gasteiger partial charge in [-0.2, -0.15) is 0 Å². The molecule has 5 nitrogen and oxygen atoms in total. The van der Waals surface area contributed by atoms with Crippen molar-refractivity contribution in [1.29, 1.82) is 0 Å². The van der Waals surface area contributed by atoms with Crippen molar-refractivity contribution in [3.63, 3.8) is 0 Å². The van der Waals surface area contributed by atoms with Gasteiger partial charge in [-0.15, -0.1) is 0 Å². The van der Waals surface area contributed by atoms with E-state index in [2.05, 4.69) is 10.0 Å². The minimum atomic E-state index is -3.79. The number of amides is 1. The van der Waals surface area contributed by atoms with Crippen LogP contribution in [-0.4, -0.2) is 14.3 Å². The molecule has 0 saturated carbocycles. The van der Waals surface area contributed by atoms with Gasteiger partial charge < -0.3 is 5.32 Å². The molecule has 0 unspecified atom stereocenters. The zero-order valence-corrected chi connectivity index (χ0v) is 16.9. The Hall–Kier alpha value is -3.19. The molecule has 7 heteroatoms. The van der Waals surface area contributed by atoms with Crippen LogP contribution in [0.3, 0.4) is 0 Å². The fourth-order valence-electron chi connectivity index (χ4n) is 2.82. The lowest BCUT2D eigenvalue weighted by molar-refractivity contribution is 0.0951. The lowest BCUT2D eigenvalue weighted by Gasteiger charge is -2.12. The van der Waals surface area contributed by atoms with Crippen LogP contribution >= 0.6 is 0 Å². The first-order valence-corrected chi connectivity index (χ1v) is 10.5. The summed E-state index contributed by atoms with van der Waals surface area (Å²) < 4.78 is 41.0. The highest BCUT2D eigenvalue weighted by molar-refractivity contribution is 7.92. The lowest BCUT2D eigenvalue weighted by atomic mass is 10.1. The van der Waals surface area contributed by atoms with Gasteiger partial charge in [-0.3, -0.25) is 9.52 Å². The van der Waals surface area contributed by atoms with E-state index in [1.807, 2.05) is 13.0 Å². The summed E-state index contributed by atoms with van der Waals surface area (Å²) in [6, 6.07) is 17.3. The monoisotopic (exact) mass is 412 g/mol. The Kier molecular flexibility index (Phi) is 5.98. The molecule has 0 heterocycles. The van der Waals surface area contributed by atoms with Gasteiger partial charge in [0.1, 0.15) is 5.82 Å². The molecular formula is C22H21FN2O3S. The molecule has 0 atom stereocenters. The van der Waals surface area contributed by atoms with E-state index in [0.29, 0.717) is 16.8 Å².